The maximum absolute atomic E-state index is 11.1. The summed E-state index contributed by atoms with van der Waals surface area (Å²) in [5.74, 6) is 2.00. The number of carbonyl (C=O) groups is 1. The van der Waals surface area contributed by atoms with Crippen molar-refractivity contribution >= 4 is 17.7 Å². The van der Waals surface area contributed by atoms with E-state index >= 15 is 0 Å². The molecule has 0 radical (unpaired) electrons. The minimum Gasteiger partial charge on any atom is -0.490 e. The molecule has 20 heavy (non-hydrogen) atoms. The van der Waals surface area contributed by atoms with Gasteiger partial charge < -0.3 is 14.2 Å². The summed E-state index contributed by atoms with van der Waals surface area (Å²) in [5, 5.41) is 0. The van der Waals surface area contributed by atoms with Crippen LogP contribution in [0.5, 0.6) is 11.5 Å². The lowest BCUT2D eigenvalue weighted by Crippen LogP contribution is -1.98. The summed E-state index contributed by atoms with van der Waals surface area (Å²) in [6.07, 6.45) is 4.16. The Morgan fingerprint density at radius 2 is 2.15 bits per heavy atom. The Hall–Kier alpha value is -1.62. The largest absolute Gasteiger partial charge is 0.490 e. The highest BCUT2D eigenvalue weighted by atomic mass is 32.2. The van der Waals surface area contributed by atoms with Gasteiger partial charge in [0.2, 0.25) is 0 Å². The van der Waals surface area contributed by atoms with Crippen LogP contribution < -0.4 is 9.47 Å². The number of carbonyl (C=O) groups excluding carboxylic acids is 1. The van der Waals surface area contributed by atoms with Crippen molar-refractivity contribution in [1.29, 1.82) is 0 Å². The lowest BCUT2D eigenvalue weighted by atomic mass is 10.3. The standard InChI is InChI=1S/C15H18O4S/c1-2-17-15(16)5-3-10-20-12-6-7-13-14(11-12)19-9-4-8-18-13/h3,5-7,11H,2,4,8-10H2,1H3/b5-3+. The summed E-state index contributed by atoms with van der Waals surface area (Å²) in [5.41, 5.74) is 0. The summed E-state index contributed by atoms with van der Waals surface area (Å²) in [6, 6.07) is 5.90. The van der Waals surface area contributed by atoms with E-state index in [4.69, 9.17) is 14.2 Å². The van der Waals surface area contributed by atoms with Gasteiger partial charge in [-0.25, -0.2) is 4.79 Å². The molecule has 1 heterocycles. The molecule has 4 nitrogen and oxygen atoms in total. The number of hydrogen-bond acceptors (Lipinski definition) is 5. The van der Waals surface area contributed by atoms with E-state index in [1.165, 1.54) is 6.08 Å². The predicted octanol–water partition coefficient (Wildman–Crippen LogP) is 3.06. The van der Waals surface area contributed by atoms with Crippen LogP contribution in [-0.2, 0) is 9.53 Å². The maximum Gasteiger partial charge on any atom is 0.330 e. The number of fused-ring (bicyclic) bond motifs is 1. The van der Waals surface area contributed by atoms with Crippen LogP contribution in [-0.4, -0.2) is 31.5 Å². The van der Waals surface area contributed by atoms with Crippen LogP contribution in [0.1, 0.15) is 13.3 Å². The van der Waals surface area contributed by atoms with E-state index in [0.29, 0.717) is 25.6 Å². The van der Waals surface area contributed by atoms with Crippen molar-refractivity contribution in [1.82, 2.24) is 0 Å². The zero-order chi connectivity index (χ0) is 14.2. The first-order valence-corrected chi connectivity index (χ1v) is 7.64. The molecule has 0 unspecified atom stereocenters. The molecule has 1 aromatic carbocycles. The van der Waals surface area contributed by atoms with E-state index in [0.717, 1.165) is 22.8 Å². The summed E-state index contributed by atoms with van der Waals surface area (Å²) in [4.78, 5) is 12.2. The molecule has 0 saturated carbocycles. The minimum absolute atomic E-state index is 0.299. The SMILES string of the molecule is CCOC(=O)/C=C/CSc1ccc2c(c1)OCCCO2. The Labute approximate surface area is 123 Å². The van der Waals surface area contributed by atoms with Crippen LogP contribution in [0.25, 0.3) is 0 Å². The second kappa shape index (κ2) is 7.85. The molecule has 1 aromatic rings. The van der Waals surface area contributed by atoms with Crippen molar-refractivity contribution in [2.45, 2.75) is 18.2 Å². The molecule has 0 aliphatic carbocycles. The minimum atomic E-state index is -0.299. The lowest BCUT2D eigenvalue weighted by molar-refractivity contribution is -0.137. The highest BCUT2D eigenvalue weighted by Gasteiger charge is 2.10. The second-order valence-electron chi connectivity index (χ2n) is 4.12. The molecule has 0 bridgehead atoms. The molecule has 1 aliphatic rings. The van der Waals surface area contributed by atoms with Gasteiger partial charge in [-0.05, 0) is 25.1 Å². The Kier molecular flexibility index (Phi) is 5.80. The predicted molar refractivity (Wildman–Crippen MR) is 78.5 cm³/mol. The summed E-state index contributed by atoms with van der Waals surface area (Å²) in [6.45, 7) is 3.57. The number of rotatable bonds is 5. The van der Waals surface area contributed by atoms with Crippen LogP contribution in [0.15, 0.2) is 35.2 Å². The van der Waals surface area contributed by atoms with Crippen LogP contribution in [0, 0.1) is 0 Å². The third kappa shape index (κ3) is 4.49. The zero-order valence-corrected chi connectivity index (χ0v) is 12.3. The fraction of sp³-hybridized carbons (Fsp3) is 0.400. The number of benzene rings is 1. The third-order valence-electron chi connectivity index (χ3n) is 2.61. The Balaban J connectivity index is 1.87. The fourth-order valence-corrected chi connectivity index (χ4v) is 2.45. The van der Waals surface area contributed by atoms with E-state index in [-0.39, 0.29) is 5.97 Å². The zero-order valence-electron chi connectivity index (χ0n) is 11.5. The van der Waals surface area contributed by atoms with Crippen LogP contribution in [0.4, 0.5) is 0 Å². The van der Waals surface area contributed by atoms with E-state index in [1.807, 2.05) is 18.2 Å². The molecule has 0 aromatic heterocycles. The lowest BCUT2D eigenvalue weighted by Gasteiger charge is -2.08. The monoisotopic (exact) mass is 294 g/mol. The van der Waals surface area contributed by atoms with Gasteiger partial charge in [0.1, 0.15) is 0 Å². The van der Waals surface area contributed by atoms with Gasteiger partial charge in [0.05, 0.1) is 19.8 Å². The molecule has 0 N–H and O–H groups in total. The third-order valence-corrected chi connectivity index (χ3v) is 3.55. The van der Waals surface area contributed by atoms with Crippen LogP contribution in [0.3, 0.4) is 0 Å². The molecule has 0 spiro atoms. The van der Waals surface area contributed by atoms with Crippen LogP contribution >= 0.6 is 11.8 Å². The molecule has 0 saturated heterocycles. The number of esters is 1. The summed E-state index contributed by atoms with van der Waals surface area (Å²) in [7, 11) is 0. The first kappa shape index (κ1) is 14.8. The highest BCUT2D eigenvalue weighted by Crippen LogP contribution is 2.33. The molecule has 0 amide bonds. The van der Waals surface area contributed by atoms with E-state index in [9.17, 15) is 4.79 Å². The number of ether oxygens (including phenoxy) is 3. The van der Waals surface area contributed by atoms with Gasteiger partial charge >= 0.3 is 5.97 Å². The first-order valence-electron chi connectivity index (χ1n) is 6.65. The van der Waals surface area contributed by atoms with E-state index in [1.54, 1.807) is 24.8 Å². The van der Waals surface area contributed by atoms with Crippen molar-refractivity contribution in [2.24, 2.45) is 0 Å². The molecule has 0 fully saturated rings. The van der Waals surface area contributed by atoms with Gasteiger partial charge in [0.15, 0.2) is 11.5 Å². The van der Waals surface area contributed by atoms with Crippen molar-refractivity contribution in [3.05, 3.63) is 30.4 Å². The second-order valence-corrected chi connectivity index (χ2v) is 5.22. The summed E-state index contributed by atoms with van der Waals surface area (Å²) >= 11 is 1.63. The van der Waals surface area contributed by atoms with Crippen molar-refractivity contribution in [3.63, 3.8) is 0 Å². The molecule has 1 aliphatic heterocycles. The topological polar surface area (TPSA) is 44.8 Å². The Morgan fingerprint density at radius 1 is 1.35 bits per heavy atom. The molecule has 108 valence electrons. The van der Waals surface area contributed by atoms with Gasteiger partial charge in [0, 0.05) is 23.1 Å². The number of hydrogen-bond donors (Lipinski definition) is 0. The van der Waals surface area contributed by atoms with E-state index in [2.05, 4.69) is 0 Å². The van der Waals surface area contributed by atoms with Gasteiger partial charge in [0.25, 0.3) is 0 Å². The molecular weight excluding hydrogens is 276 g/mol. The van der Waals surface area contributed by atoms with Gasteiger partial charge in [-0.1, -0.05) is 6.08 Å². The average Bonchev–Trinajstić information content (AvgIpc) is 2.68. The molecular formula is C15H18O4S. The van der Waals surface area contributed by atoms with Crippen molar-refractivity contribution < 1.29 is 19.0 Å². The smallest absolute Gasteiger partial charge is 0.330 e. The first-order chi connectivity index (χ1) is 9.79. The quantitative estimate of drug-likeness (QED) is 0.474. The van der Waals surface area contributed by atoms with Gasteiger partial charge in [-0.15, -0.1) is 11.8 Å². The van der Waals surface area contributed by atoms with Gasteiger partial charge in [-0.3, -0.25) is 0 Å². The summed E-state index contributed by atoms with van der Waals surface area (Å²) < 4.78 is 16.0. The van der Waals surface area contributed by atoms with Crippen LogP contribution in [0.2, 0.25) is 0 Å². The van der Waals surface area contributed by atoms with Crippen molar-refractivity contribution in [3.8, 4) is 11.5 Å². The Bertz CT molecular complexity index is 485. The Morgan fingerprint density at radius 3 is 2.95 bits per heavy atom. The molecule has 2 rings (SSSR count). The highest BCUT2D eigenvalue weighted by molar-refractivity contribution is 7.99. The maximum atomic E-state index is 11.1. The van der Waals surface area contributed by atoms with Gasteiger partial charge in [-0.2, -0.15) is 0 Å². The van der Waals surface area contributed by atoms with Crippen molar-refractivity contribution in [2.75, 3.05) is 25.6 Å². The number of thioether (sulfide) groups is 1. The van der Waals surface area contributed by atoms with E-state index < -0.39 is 0 Å². The molecule has 5 heteroatoms. The fourth-order valence-electron chi connectivity index (χ4n) is 1.71. The molecule has 0 atom stereocenters. The average molecular weight is 294 g/mol. The normalized spacial score (nSPS) is 14.1.